The van der Waals surface area contributed by atoms with Gasteiger partial charge in [0.25, 0.3) is 0 Å². The van der Waals surface area contributed by atoms with Gasteiger partial charge in [0.05, 0.1) is 40.1 Å². The third-order valence-corrected chi connectivity index (χ3v) is 8.28. The number of likely N-dealkylation sites (tertiary alicyclic amines) is 2. The smallest absolute Gasteiger partial charge is 0.229 e. The lowest BCUT2D eigenvalue weighted by Crippen LogP contribution is -2.48. The molecule has 3 saturated heterocycles. The minimum Gasteiger partial charge on any atom is -0.360 e. The zero-order valence-electron chi connectivity index (χ0n) is 16.9. The van der Waals surface area contributed by atoms with Crippen molar-refractivity contribution in [3.63, 3.8) is 0 Å². The summed E-state index contributed by atoms with van der Waals surface area (Å²) in [6, 6.07) is 0. The van der Waals surface area contributed by atoms with Gasteiger partial charge in [-0.2, -0.15) is 0 Å². The number of fused-ring (bicyclic) bond motifs is 1. The number of carbonyl (C=O) groups excluding carboxylic acids is 3. The van der Waals surface area contributed by atoms with E-state index in [1.807, 2.05) is 24.0 Å². The van der Waals surface area contributed by atoms with Crippen LogP contribution < -0.4 is 0 Å². The third-order valence-electron chi connectivity index (χ3n) is 6.86. The van der Waals surface area contributed by atoms with Crippen LogP contribution in [0.15, 0.2) is 12.2 Å². The van der Waals surface area contributed by atoms with Gasteiger partial charge in [0.2, 0.25) is 11.8 Å². The molecule has 154 valence electrons. The van der Waals surface area contributed by atoms with Crippen molar-refractivity contribution in [2.24, 2.45) is 11.8 Å². The van der Waals surface area contributed by atoms with Crippen LogP contribution in [0.5, 0.6) is 0 Å². The Hall–Kier alpha value is -2.06. The fourth-order valence-electron chi connectivity index (χ4n) is 5.45. The minimum atomic E-state index is -0.614. The number of likely N-dealkylation sites (N-methyl/N-ethyl adjacent to an activating group) is 1. The maximum atomic E-state index is 13.4. The van der Waals surface area contributed by atoms with Crippen LogP contribution in [0.25, 0.3) is 0 Å². The van der Waals surface area contributed by atoms with E-state index < -0.39 is 17.4 Å². The van der Waals surface area contributed by atoms with Crippen molar-refractivity contribution in [3.8, 4) is 0 Å². The van der Waals surface area contributed by atoms with Crippen LogP contribution >= 0.6 is 11.3 Å². The van der Waals surface area contributed by atoms with Crippen molar-refractivity contribution in [1.82, 2.24) is 14.8 Å². The predicted molar refractivity (Wildman–Crippen MR) is 107 cm³/mol. The maximum absolute atomic E-state index is 13.4. The molecule has 4 atom stereocenters. The molecule has 2 amide bonds. The number of piperidine rings is 1. The molecule has 0 aliphatic carbocycles. The van der Waals surface area contributed by atoms with Gasteiger partial charge < -0.3 is 14.5 Å². The number of Topliss-reactive ketones (excluding diaryl/α,β-unsaturated/α-hetero) is 1. The predicted octanol–water partition coefficient (Wildman–Crippen LogP) is 1.77. The monoisotopic (exact) mass is 415 g/mol. The summed E-state index contributed by atoms with van der Waals surface area (Å²) in [5, 5.41) is 0.998. The first kappa shape index (κ1) is 18.9. The van der Waals surface area contributed by atoms with Crippen molar-refractivity contribution in [2.45, 2.75) is 44.3 Å². The number of nitrogens with zero attached hydrogens (tertiary/aromatic N) is 3. The number of carbonyl (C=O) groups is 3. The van der Waals surface area contributed by atoms with Gasteiger partial charge in [0.1, 0.15) is 5.60 Å². The van der Waals surface area contributed by atoms with E-state index in [2.05, 4.69) is 4.98 Å². The van der Waals surface area contributed by atoms with Crippen LogP contribution in [0.1, 0.15) is 46.1 Å². The summed E-state index contributed by atoms with van der Waals surface area (Å²) in [5.41, 5.74) is 0.188. The average molecular weight is 416 g/mol. The van der Waals surface area contributed by atoms with Crippen molar-refractivity contribution in [2.75, 3.05) is 26.7 Å². The Morgan fingerprint density at radius 2 is 2.03 bits per heavy atom. The summed E-state index contributed by atoms with van der Waals surface area (Å²) in [5.74, 6) is -0.429. The molecule has 0 saturated carbocycles. The molecule has 5 heterocycles. The summed E-state index contributed by atoms with van der Waals surface area (Å²) in [6.07, 6.45) is 5.31. The highest BCUT2D eigenvalue weighted by Crippen LogP contribution is 2.52. The second kappa shape index (κ2) is 6.47. The number of ether oxygens (including phenoxy) is 1. The zero-order valence-corrected chi connectivity index (χ0v) is 17.7. The van der Waals surface area contributed by atoms with Gasteiger partial charge in [-0.25, -0.2) is 4.98 Å². The quantitative estimate of drug-likeness (QED) is 0.555. The van der Waals surface area contributed by atoms with Crippen LogP contribution in [-0.4, -0.2) is 70.8 Å². The molecule has 3 fully saturated rings. The summed E-state index contributed by atoms with van der Waals surface area (Å²) < 4.78 is 6.12. The first-order valence-corrected chi connectivity index (χ1v) is 11.0. The molecule has 0 aromatic carbocycles. The van der Waals surface area contributed by atoms with Crippen molar-refractivity contribution in [3.05, 3.63) is 27.7 Å². The van der Waals surface area contributed by atoms with E-state index in [4.69, 9.17) is 4.74 Å². The first-order valence-electron chi connectivity index (χ1n) is 10.2. The van der Waals surface area contributed by atoms with Gasteiger partial charge in [0.15, 0.2) is 5.78 Å². The highest BCUT2D eigenvalue weighted by molar-refractivity contribution is 7.13. The number of hydrogen-bond acceptors (Lipinski definition) is 6. The molecule has 7 nitrogen and oxygen atoms in total. The Balaban J connectivity index is 1.29. The summed E-state index contributed by atoms with van der Waals surface area (Å²) >= 11 is 1.49. The highest BCUT2D eigenvalue weighted by Gasteiger charge is 2.66. The van der Waals surface area contributed by atoms with Gasteiger partial charge in [-0.05, 0) is 19.8 Å². The van der Waals surface area contributed by atoms with E-state index in [0.29, 0.717) is 19.6 Å². The summed E-state index contributed by atoms with van der Waals surface area (Å²) in [4.78, 5) is 46.7. The third kappa shape index (κ3) is 2.72. The molecule has 1 spiro atoms. The molecular formula is C21H25N3O4S. The molecule has 1 aromatic rings. The lowest BCUT2D eigenvalue weighted by atomic mass is 9.76. The van der Waals surface area contributed by atoms with Crippen molar-refractivity contribution in [1.29, 1.82) is 0 Å². The molecule has 0 radical (unpaired) electrons. The topological polar surface area (TPSA) is 79.8 Å². The second-order valence-corrected chi connectivity index (χ2v) is 9.75. The maximum Gasteiger partial charge on any atom is 0.229 e. The molecule has 2 bridgehead atoms. The van der Waals surface area contributed by atoms with Gasteiger partial charge in [0, 0.05) is 33.0 Å². The standard InChI is InChI=1S/C21H25N3O4S/c1-11-17(12(2)25)29-18(22-11)13-5-8-24(9-6-13)19(26)15-14-4-7-21(28-14)10-23(3)20(27)16(15)21/h4,7,13-16H,5-6,8-10H2,1-3H3. The Morgan fingerprint density at radius 1 is 1.31 bits per heavy atom. The lowest BCUT2D eigenvalue weighted by molar-refractivity contribution is -0.143. The van der Waals surface area contributed by atoms with Gasteiger partial charge >= 0.3 is 0 Å². The van der Waals surface area contributed by atoms with Gasteiger partial charge in [-0.3, -0.25) is 14.4 Å². The molecule has 1 aromatic heterocycles. The van der Waals surface area contributed by atoms with Crippen LogP contribution in [-0.2, 0) is 14.3 Å². The molecule has 4 aliphatic rings. The van der Waals surface area contributed by atoms with E-state index in [1.165, 1.54) is 11.3 Å². The van der Waals surface area contributed by atoms with Crippen molar-refractivity contribution >= 4 is 28.9 Å². The molecular weight excluding hydrogens is 390 g/mol. The Kier molecular flexibility index (Phi) is 4.22. The first-order chi connectivity index (χ1) is 13.8. The molecule has 0 N–H and O–H groups in total. The SMILES string of the molecule is CC(=O)c1sc(C2CCN(C(=O)C3C4C=CC5(CN(C)C(=O)C35)O4)CC2)nc1C. The van der Waals surface area contributed by atoms with Crippen LogP contribution in [0.2, 0.25) is 0 Å². The second-order valence-electron chi connectivity index (χ2n) is 8.72. The normalized spacial score (nSPS) is 33.6. The summed E-state index contributed by atoms with van der Waals surface area (Å²) in [7, 11) is 1.78. The van der Waals surface area contributed by atoms with Crippen LogP contribution in [0, 0.1) is 18.8 Å². The van der Waals surface area contributed by atoms with E-state index in [-0.39, 0.29) is 29.6 Å². The van der Waals surface area contributed by atoms with E-state index >= 15 is 0 Å². The Bertz CT molecular complexity index is 932. The van der Waals surface area contributed by atoms with Crippen LogP contribution in [0.4, 0.5) is 0 Å². The molecule has 4 unspecified atom stereocenters. The number of thiazole rings is 1. The Labute approximate surface area is 173 Å². The largest absolute Gasteiger partial charge is 0.360 e. The molecule has 8 heteroatoms. The molecule has 4 aliphatic heterocycles. The fraction of sp³-hybridized carbons (Fsp3) is 0.619. The van der Waals surface area contributed by atoms with E-state index in [1.54, 1.807) is 18.9 Å². The van der Waals surface area contributed by atoms with E-state index in [0.717, 1.165) is 28.4 Å². The number of amides is 2. The lowest BCUT2D eigenvalue weighted by Gasteiger charge is -2.35. The van der Waals surface area contributed by atoms with E-state index in [9.17, 15) is 14.4 Å². The zero-order chi connectivity index (χ0) is 20.5. The number of rotatable bonds is 3. The number of aryl methyl sites for hydroxylation is 1. The van der Waals surface area contributed by atoms with Gasteiger partial charge in [-0.1, -0.05) is 12.2 Å². The number of ketones is 1. The summed E-state index contributed by atoms with van der Waals surface area (Å²) in [6.45, 7) is 5.27. The number of aromatic nitrogens is 1. The number of hydrogen-bond donors (Lipinski definition) is 0. The Morgan fingerprint density at radius 3 is 2.69 bits per heavy atom. The fourth-order valence-corrected chi connectivity index (χ4v) is 6.58. The minimum absolute atomic E-state index is 0.0140. The van der Waals surface area contributed by atoms with Gasteiger partial charge in [-0.15, -0.1) is 11.3 Å². The highest BCUT2D eigenvalue weighted by atomic mass is 32.1. The average Bonchev–Trinajstić information content (AvgIpc) is 3.42. The van der Waals surface area contributed by atoms with Crippen molar-refractivity contribution < 1.29 is 19.1 Å². The molecule has 29 heavy (non-hydrogen) atoms. The van der Waals surface area contributed by atoms with Crippen LogP contribution in [0.3, 0.4) is 0 Å². The molecule has 5 rings (SSSR count).